The average molecular weight is 199 g/mol. The van der Waals surface area contributed by atoms with Gasteiger partial charge in [0.15, 0.2) is 0 Å². The van der Waals surface area contributed by atoms with Gasteiger partial charge in [-0.05, 0) is 31.6 Å². The predicted octanol–water partition coefficient (Wildman–Crippen LogP) is 2.12. The van der Waals surface area contributed by atoms with Gasteiger partial charge < -0.3 is 5.11 Å². The molecule has 0 aromatic carbocycles. The van der Waals surface area contributed by atoms with Crippen LogP contribution in [0.2, 0.25) is 0 Å². The molecule has 1 rings (SSSR count). The number of hydrogen-bond acceptors (Lipinski definition) is 2. The Hall–Kier alpha value is -0.0800. The zero-order chi connectivity index (χ0) is 10.7. The van der Waals surface area contributed by atoms with Gasteiger partial charge in [0.05, 0.1) is 6.10 Å². The molecule has 0 bridgehead atoms. The molecule has 0 radical (unpaired) electrons. The summed E-state index contributed by atoms with van der Waals surface area (Å²) in [6.07, 6.45) is 1.99. The number of aliphatic hydroxyl groups is 1. The van der Waals surface area contributed by atoms with Crippen molar-refractivity contribution >= 4 is 0 Å². The first-order valence-electron chi connectivity index (χ1n) is 5.98. The molecule has 1 fully saturated rings. The van der Waals surface area contributed by atoms with Crippen LogP contribution in [0.25, 0.3) is 0 Å². The molecule has 0 aromatic heterocycles. The van der Waals surface area contributed by atoms with Crippen molar-refractivity contribution in [3.63, 3.8) is 0 Å². The van der Waals surface area contributed by atoms with Crippen LogP contribution in [0, 0.1) is 11.8 Å². The lowest BCUT2D eigenvalue weighted by Crippen LogP contribution is -2.48. The Morgan fingerprint density at radius 2 is 2.00 bits per heavy atom. The average Bonchev–Trinajstić information content (AvgIpc) is 2.17. The standard InChI is InChI=1S/C12H25NO/c1-5-11-8-13(7-6-12(11)14)10(4)9(2)3/h9-12,14H,5-8H2,1-4H3. The molecule has 1 heterocycles. The Morgan fingerprint density at radius 1 is 1.36 bits per heavy atom. The maximum absolute atomic E-state index is 9.78. The first-order valence-corrected chi connectivity index (χ1v) is 5.98. The molecule has 1 N–H and O–H groups in total. The van der Waals surface area contributed by atoms with Crippen molar-refractivity contribution in [1.29, 1.82) is 0 Å². The van der Waals surface area contributed by atoms with E-state index in [1.807, 2.05) is 0 Å². The minimum Gasteiger partial charge on any atom is -0.393 e. The second kappa shape index (κ2) is 5.13. The molecule has 2 nitrogen and oxygen atoms in total. The van der Waals surface area contributed by atoms with Crippen molar-refractivity contribution in [1.82, 2.24) is 4.90 Å². The Labute approximate surface area is 88.3 Å². The van der Waals surface area contributed by atoms with E-state index in [2.05, 4.69) is 32.6 Å². The summed E-state index contributed by atoms with van der Waals surface area (Å²) in [4.78, 5) is 2.53. The second-order valence-electron chi connectivity index (χ2n) is 5.00. The van der Waals surface area contributed by atoms with E-state index in [9.17, 15) is 5.11 Å². The van der Waals surface area contributed by atoms with Crippen molar-refractivity contribution in [3.8, 4) is 0 Å². The van der Waals surface area contributed by atoms with Gasteiger partial charge in [0.25, 0.3) is 0 Å². The van der Waals surface area contributed by atoms with Crippen LogP contribution < -0.4 is 0 Å². The van der Waals surface area contributed by atoms with Gasteiger partial charge in [-0.15, -0.1) is 0 Å². The first-order chi connectivity index (χ1) is 6.56. The summed E-state index contributed by atoms with van der Waals surface area (Å²) < 4.78 is 0. The van der Waals surface area contributed by atoms with Gasteiger partial charge in [-0.1, -0.05) is 20.8 Å². The van der Waals surface area contributed by atoms with E-state index in [4.69, 9.17) is 0 Å². The minimum absolute atomic E-state index is 0.0596. The van der Waals surface area contributed by atoms with Crippen LogP contribution in [0.15, 0.2) is 0 Å². The van der Waals surface area contributed by atoms with Gasteiger partial charge >= 0.3 is 0 Å². The molecule has 1 aliphatic heterocycles. The van der Waals surface area contributed by atoms with Crippen molar-refractivity contribution in [2.45, 2.75) is 52.7 Å². The highest BCUT2D eigenvalue weighted by Crippen LogP contribution is 2.23. The Kier molecular flexibility index (Phi) is 4.39. The van der Waals surface area contributed by atoms with E-state index in [1.165, 1.54) is 0 Å². The zero-order valence-electron chi connectivity index (χ0n) is 10.0. The van der Waals surface area contributed by atoms with Gasteiger partial charge in [0, 0.05) is 19.1 Å². The normalized spacial score (nSPS) is 32.1. The summed E-state index contributed by atoms with van der Waals surface area (Å²) in [6.45, 7) is 11.2. The van der Waals surface area contributed by atoms with Crippen molar-refractivity contribution < 1.29 is 5.11 Å². The van der Waals surface area contributed by atoms with Crippen LogP contribution in [0.3, 0.4) is 0 Å². The van der Waals surface area contributed by atoms with Gasteiger partial charge in [-0.2, -0.15) is 0 Å². The minimum atomic E-state index is -0.0596. The van der Waals surface area contributed by atoms with E-state index < -0.39 is 0 Å². The maximum Gasteiger partial charge on any atom is 0.0592 e. The zero-order valence-corrected chi connectivity index (χ0v) is 10.0. The Morgan fingerprint density at radius 3 is 2.50 bits per heavy atom. The van der Waals surface area contributed by atoms with Crippen LogP contribution in [-0.4, -0.2) is 35.2 Å². The highest BCUT2D eigenvalue weighted by atomic mass is 16.3. The molecule has 0 saturated carbocycles. The fourth-order valence-corrected chi connectivity index (χ4v) is 2.24. The van der Waals surface area contributed by atoms with E-state index in [1.54, 1.807) is 0 Å². The van der Waals surface area contributed by atoms with Crippen LogP contribution >= 0.6 is 0 Å². The third-order valence-corrected chi connectivity index (χ3v) is 3.79. The monoisotopic (exact) mass is 199 g/mol. The molecule has 0 aliphatic carbocycles. The summed E-state index contributed by atoms with van der Waals surface area (Å²) in [7, 11) is 0. The third kappa shape index (κ3) is 2.71. The molecule has 2 heteroatoms. The number of nitrogens with zero attached hydrogens (tertiary/aromatic N) is 1. The predicted molar refractivity (Wildman–Crippen MR) is 60.3 cm³/mol. The maximum atomic E-state index is 9.78. The molecule has 3 unspecified atom stereocenters. The second-order valence-corrected chi connectivity index (χ2v) is 5.00. The lowest BCUT2D eigenvalue weighted by atomic mass is 9.90. The van der Waals surface area contributed by atoms with E-state index in [-0.39, 0.29) is 6.10 Å². The van der Waals surface area contributed by atoms with E-state index in [0.29, 0.717) is 17.9 Å². The lowest BCUT2D eigenvalue weighted by molar-refractivity contribution is 0.00334. The Balaban J connectivity index is 2.49. The fraction of sp³-hybridized carbons (Fsp3) is 1.00. The van der Waals surface area contributed by atoms with Crippen LogP contribution in [-0.2, 0) is 0 Å². The number of likely N-dealkylation sites (tertiary alicyclic amines) is 1. The van der Waals surface area contributed by atoms with Crippen molar-refractivity contribution in [2.24, 2.45) is 11.8 Å². The molecule has 0 spiro atoms. The van der Waals surface area contributed by atoms with Gasteiger partial charge in [-0.3, -0.25) is 4.90 Å². The molecule has 0 amide bonds. The SMILES string of the molecule is CCC1CN(C(C)C(C)C)CCC1O. The molecular formula is C12H25NO. The topological polar surface area (TPSA) is 23.5 Å². The van der Waals surface area contributed by atoms with E-state index >= 15 is 0 Å². The first kappa shape index (κ1) is 12.0. The molecule has 1 aliphatic rings. The lowest BCUT2D eigenvalue weighted by Gasteiger charge is -2.40. The number of hydrogen-bond donors (Lipinski definition) is 1. The van der Waals surface area contributed by atoms with Gasteiger partial charge in [0.1, 0.15) is 0 Å². The molecule has 1 saturated heterocycles. The van der Waals surface area contributed by atoms with E-state index in [0.717, 1.165) is 25.9 Å². The molecule has 84 valence electrons. The molecular weight excluding hydrogens is 174 g/mol. The number of rotatable bonds is 3. The van der Waals surface area contributed by atoms with Gasteiger partial charge in [0.2, 0.25) is 0 Å². The number of aliphatic hydroxyl groups excluding tert-OH is 1. The summed E-state index contributed by atoms with van der Waals surface area (Å²) in [5, 5.41) is 9.78. The van der Waals surface area contributed by atoms with Gasteiger partial charge in [-0.25, -0.2) is 0 Å². The highest BCUT2D eigenvalue weighted by Gasteiger charge is 2.29. The third-order valence-electron chi connectivity index (χ3n) is 3.79. The van der Waals surface area contributed by atoms with Crippen molar-refractivity contribution in [3.05, 3.63) is 0 Å². The highest BCUT2D eigenvalue weighted by molar-refractivity contribution is 4.82. The van der Waals surface area contributed by atoms with Crippen molar-refractivity contribution in [2.75, 3.05) is 13.1 Å². The van der Waals surface area contributed by atoms with Crippen LogP contribution in [0.1, 0.15) is 40.5 Å². The molecule has 0 aromatic rings. The summed E-state index contributed by atoms with van der Waals surface area (Å²) in [5.74, 6) is 1.20. The quantitative estimate of drug-likeness (QED) is 0.752. The van der Waals surface area contributed by atoms with Crippen LogP contribution in [0.4, 0.5) is 0 Å². The smallest absolute Gasteiger partial charge is 0.0592 e. The summed E-state index contributed by atoms with van der Waals surface area (Å²) in [5.41, 5.74) is 0. The summed E-state index contributed by atoms with van der Waals surface area (Å²) in [6, 6.07) is 0.650. The van der Waals surface area contributed by atoms with Crippen LogP contribution in [0.5, 0.6) is 0 Å². The molecule has 14 heavy (non-hydrogen) atoms. The Bertz CT molecular complexity index is 170. The molecule has 3 atom stereocenters. The largest absolute Gasteiger partial charge is 0.393 e. The fourth-order valence-electron chi connectivity index (χ4n) is 2.24. The number of piperidine rings is 1. The summed E-state index contributed by atoms with van der Waals surface area (Å²) >= 11 is 0.